The van der Waals surface area contributed by atoms with Crippen LogP contribution in [0.15, 0.2) is 0 Å². The van der Waals surface area contributed by atoms with Gasteiger partial charge in [-0.1, -0.05) is 19.3 Å². The second-order valence-electron chi connectivity index (χ2n) is 5.31. The van der Waals surface area contributed by atoms with E-state index in [1.165, 1.54) is 32.1 Å². The molecule has 1 aromatic heterocycles. The lowest BCUT2D eigenvalue weighted by atomic mass is 9.85. The number of rotatable bonds is 7. The monoisotopic (exact) mass is 266 g/mol. The molecule has 2 rings (SSSR count). The Hall–Kier alpha value is -0.940. The molecule has 5 heteroatoms. The quantitative estimate of drug-likeness (QED) is 0.794. The lowest BCUT2D eigenvalue weighted by molar-refractivity contribution is 0.0000123. The van der Waals surface area contributed by atoms with Crippen LogP contribution in [0, 0.1) is 5.92 Å². The van der Waals surface area contributed by atoms with Gasteiger partial charge in [0.15, 0.2) is 5.82 Å². The number of H-pyrrole nitrogens is 1. The van der Waals surface area contributed by atoms with E-state index in [0.29, 0.717) is 19.1 Å². The van der Waals surface area contributed by atoms with Crippen molar-refractivity contribution in [1.29, 1.82) is 0 Å². The van der Waals surface area contributed by atoms with Gasteiger partial charge in [-0.25, -0.2) is 4.98 Å². The molecule has 0 saturated heterocycles. The van der Waals surface area contributed by atoms with E-state index in [0.717, 1.165) is 24.5 Å². The summed E-state index contributed by atoms with van der Waals surface area (Å²) in [6.45, 7) is 3.44. The Bertz CT molecular complexity index is 360. The molecule has 0 radical (unpaired) electrons. The maximum Gasteiger partial charge on any atom is 0.179 e. The molecule has 1 aliphatic carbocycles. The average Bonchev–Trinajstić information content (AvgIpc) is 2.92. The van der Waals surface area contributed by atoms with Crippen LogP contribution in [0.25, 0.3) is 0 Å². The number of aromatic nitrogens is 3. The van der Waals surface area contributed by atoms with Crippen LogP contribution < -0.4 is 5.73 Å². The summed E-state index contributed by atoms with van der Waals surface area (Å²) in [7, 11) is 0. The van der Waals surface area contributed by atoms with Crippen molar-refractivity contribution in [2.24, 2.45) is 11.7 Å². The third-order valence-electron chi connectivity index (χ3n) is 3.85. The predicted molar refractivity (Wildman–Crippen MR) is 74.7 cm³/mol. The molecule has 19 heavy (non-hydrogen) atoms. The molecule has 0 aliphatic heterocycles. The standard InChI is InChI=1S/C14H26N4O/c1-2-19-13(11-7-4-3-5-8-11)14-16-12(17-18-14)9-6-10-15/h11,13H,2-10,15H2,1H3,(H,16,17,18). The molecule has 3 N–H and O–H groups in total. The Labute approximate surface area is 115 Å². The van der Waals surface area contributed by atoms with Crippen molar-refractivity contribution in [2.45, 2.75) is 58.0 Å². The second-order valence-corrected chi connectivity index (χ2v) is 5.31. The van der Waals surface area contributed by atoms with Gasteiger partial charge >= 0.3 is 0 Å². The summed E-state index contributed by atoms with van der Waals surface area (Å²) in [6.07, 6.45) is 8.30. The molecular weight excluding hydrogens is 240 g/mol. The van der Waals surface area contributed by atoms with E-state index in [1.807, 2.05) is 6.92 Å². The van der Waals surface area contributed by atoms with E-state index in [4.69, 9.17) is 10.5 Å². The lowest BCUT2D eigenvalue weighted by Crippen LogP contribution is -2.20. The largest absolute Gasteiger partial charge is 0.370 e. The third kappa shape index (κ3) is 4.01. The zero-order valence-corrected chi connectivity index (χ0v) is 11.9. The van der Waals surface area contributed by atoms with E-state index in [2.05, 4.69) is 15.2 Å². The fourth-order valence-corrected chi connectivity index (χ4v) is 2.86. The number of nitrogens with one attached hydrogen (secondary N) is 1. The van der Waals surface area contributed by atoms with Crippen LogP contribution in [0.1, 0.15) is 63.2 Å². The fraction of sp³-hybridized carbons (Fsp3) is 0.857. The van der Waals surface area contributed by atoms with Crippen LogP contribution >= 0.6 is 0 Å². The smallest absolute Gasteiger partial charge is 0.179 e. The summed E-state index contributed by atoms with van der Waals surface area (Å²) in [6, 6.07) is 0. The fourth-order valence-electron chi connectivity index (χ4n) is 2.86. The van der Waals surface area contributed by atoms with Gasteiger partial charge in [0.1, 0.15) is 11.9 Å². The molecule has 1 heterocycles. The van der Waals surface area contributed by atoms with Gasteiger partial charge < -0.3 is 10.5 Å². The van der Waals surface area contributed by atoms with Crippen molar-refractivity contribution in [3.8, 4) is 0 Å². The summed E-state index contributed by atoms with van der Waals surface area (Å²) in [5, 5.41) is 7.38. The van der Waals surface area contributed by atoms with Crippen LogP contribution in [-0.2, 0) is 11.2 Å². The van der Waals surface area contributed by atoms with Gasteiger partial charge in [0.25, 0.3) is 0 Å². The molecule has 0 aromatic carbocycles. The second kappa shape index (κ2) is 7.60. The minimum Gasteiger partial charge on any atom is -0.370 e. The van der Waals surface area contributed by atoms with E-state index < -0.39 is 0 Å². The van der Waals surface area contributed by atoms with Crippen LogP contribution in [-0.4, -0.2) is 28.3 Å². The molecular formula is C14H26N4O. The maximum absolute atomic E-state index is 5.92. The van der Waals surface area contributed by atoms with Crippen molar-refractivity contribution in [1.82, 2.24) is 15.2 Å². The van der Waals surface area contributed by atoms with Crippen LogP contribution in [0.5, 0.6) is 0 Å². The zero-order chi connectivity index (χ0) is 13.5. The van der Waals surface area contributed by atoms with Gasteiger partial charge in [-0.05, 0) is 38.6 Å². The molecule has 1 unspecified atom stereocenters. The van der Waals surface area contributed by atoms with Gasteiger partial charge in [0.2, 0.25) is 0 Å². The van der Waals surface area contributed by atoms with Crippen molar-refractivity contribution in [3.63, 3.8) is 0 Å². The summed E-state index contributed by atoms with van der Waals surface area (Å²) in [5.74, 6) is 2.34. The highest BCUT2D eigenvalue weighted by Crippen LogP contribution is 2.35. The number of hydrogen-bond acceptors (Lipinski definition) is 4. The maximum atomic E-state index is 5.92. The first kappa shape index (κ1) is 14.5. The highest BCUT2D eigenvalue weighted by atomic mass is 16.5. The normalized spacial score (nSPS) is 18.6. The van der Waals surface area contributed by atoms with Gasteiger partial charge in [0.05, 0.1) is 0 Å². The minimum absolute atomic E-state index is 0.0631. The predicted octanol–water partition coefficient (Wildman–Crippen LogP) is 2.35. The summed E-state index contributed by atoms with van der Waals surface area (Å²) in [5.41, 5.74) is 5.52. The van der Waals surface area contributed by atoms with Crippen molar-refractivity contribution >= 4 is 0 Å². The number of ether oxygens (including phenoxy) is 1. The van der Waals surface area contributed by atoms with Crippen LogP contribution in [0.4, 0.5) is 0 Å². The molecule has 5 nitrogen and oxygen atoms in total. The first-order valence-corrected chi connectivity index (χ1v) is 7.58. The number of nitrogens with zero attached hydrogens (tertiary/aromatic N) is 2. The van der Waals surface area contributed by atoms with Crippen LogP contribution in [0.3, 0.4) is 0 Å². The Morgan fingerprint density at radius 1 is 1.37 bits per heavy atom. The van der Waals surface area contributed by atoms with Crippen molar-refractivity contribution < 1.29 is 4.74 Å². The molecule has 1 saturated carbocycles. The van der Waals surface area contributed by atoms with Crippen molar-refractivity contribution in [3.05, 3.63) is 11.6 Å². The first-order chi connectivity index (χ1) is 9.35. The molecule has 1 aliphatic rings. The van der Waals surface area contributed by atoms with Crippen molar-refractivity contribution in [2.75, 3.05) is 13.2 Å². The zero-order valence-electron chi connectivity index (χ0n) is 11.9. The molecule has 0 spiro atoms. The number of aryl methyl sites for hydroxylation is 1. The van der Waals surface area contributed by atoms with Crippen LogP contribution in [0.2, 0.25) is 0 Å². The lowest BCUT2D eigenvalue weighted by Gasteiger charge is -2.28. The summed E-state index contributed by atoms with van der Waals surface area (Å²) >= 11 is 0. The van der Waals surface area contributed by atoms with E-state index >= 15 is 0 Å². The molecule has 0 bridgehead atoms. The molecule has 0 amide bonds. The summed E-state index contributed by atoms with van der Waals surface area (Å²) < 4.78 is 5.92. The van der Waals surface area contributed by atoms with Gasteiger partial charge in [-0.3, -0.25) is 5.10 Å². The Morgan fingerprint density at radius 3 is 2.84 bits per heavy atom. The van der Waals surface area contributed by atoms with Gasteiger partial charge in [-0.15, -0.1) is 0 Å². The topological polar surface area (TPSA) is 76.8 Å². The molecule has 1 fully saturated rings. The molecule has 108 valence electrons. The average molecular weight is 266 g/mol. The summed E-state index contributed by atoms with van der Waals surface area (Å²) in [4.78, 5) is 4.59. The first-order valence-electron chi connectivity index (χ1n) is 7.58. The molecule has 1 atom stereocenters. The number of nitrogens with two attached hydrogens (primary N) is 1. The Kier molecular flexibility index (Phi) is 5.79. The minimum atomic E-state index is 0.0631. The Balaban J connectivity index is 2.02. The van der Waals surface area contributed by atoms with E-state index in [9.17, 15) is 0 Å². The third-order valence-corrected chi connectivity index (χ3v) is 3.85. The molecule has 1 aromatic rings. The Morgan fingerprint density at radius 2 is 2.16 bits per heavy atom. The van der Waals surface area contributed by atoms with E-state index in [1.54, 1.807) is 0 Å². The highest BCUT2D eigenvalue weighted by molar-refractivity contribution is 4.97. The SMILES string of the molecule is CCOC(c1n[nH]c(CCCN)n1)C1CCCCC1. The highest BCUT2D eigenvalue weighted by Gasteiger charge is 2.28. The van der Waals surface area contributed by atoms with Gasteiger partial charge in [-0.2, -0.15) is 5.10 Å². The van der Waals surface area contributed by atoms with E-state index in [-0.39, 0.29) is 6.10 Å². The van der Waals surface area contributed by atoms with Gasteiger partial charge in [0, 0.05) is 13.0 Å². The number of aromatic amines is 1. The number of hydrogen-bond donors (Lipinski definition) is 2.